The highest BCUT2D eigenvalue weighted by molar-refractivity contribution is 7.85. The molecule has 3 aromatic rings. The van der Waals surface area contributed by atoms with E-state index in [4.69, 9.17) is 0 Å². The Morgan fingerprint density at radius 1 is 1.03 bits per heavy atom. The fourth-order valence-corrected chi connectivity index (χ4v) is 6.54. The molecule has 1 N–H and O–H groups in total. The smallest absolute Gasteiger partial charge is 0.259 e. The number of amides is 2. The molecular weight excluding hydrogens is 475 g/mol. The molecule has 0 saturated heterocycles. The molecule has 2 amide bonds. The maximum atomic E-state index is 14.6. The standard InChI is InChI=1S/C29H29FN2O3S/c1-18-8-7-12-24(19(18)2)31-28(33)20-14-15-27-25(16-20)32(17-21-9-3-5-11-23(21)30)29(34)22-10-4-6-13-26(22)36(27)35/h3-6,9-11,13-16,18-19,24H,7-8,12,17H2,1-2H3,(H,31,33)/t18-,19+,24+,36-/m1/s1. The van der Waals surface area contributed by atoms with Crippen LogP contribution >= 0.6 is 0 Å². The van der Waals surface area contributed by atoms with Crippen molar-refractivity contribution in [3.8, 4) is 0 Å². The molecule has 0 radical (unpaired) electrons. The zero-order valence-corrected chi connectivity index (χ0v) is 21.2. The molecule has 1 fully saturated rings. The number of fused-ring (bicyclic) bond motifs is 2. The lowest BCUT2D eigenvalue weighted by Crippen LogP contribution is -2.43. The minimum Gasteiger partial charge on any atom is -0.349 e. The Bertz CT molecular complexity index is 1360. The molecule has 36 heavy (non-hydrogen) atoms. The number of anilines is 1. The van der Waals surface area contributed by atoms with Gasteiger partial charge in [0.2, 0.25) is 0 Å². The van der Waals surface area contributed by atoms with Gasteiger partial charge >= 0.3 is 0 Å². The van der Waals surface area contributed by atoms with Crippen LogP contribution in [0.4, 0.5) is 10.1 Å². The normalized spacial score (nSPS) is 23.4. The Hall–Kier alpha value is -3.32. The lowest BCUT2D eigenvalue weighted by Gasteiger charge is -2.34. The Labute approximate surface area is 213 Å². The number of carbonyl (C=O) groups is 2. The zero-order valence-electron chi connectivity index (χ0n) is 20.4. The van der Waals surface area contributed by atoms with Gasteiger partial charge in [-0.1, -0.05) is 57.0 Å². The van der Waals surface area contributed by atoms with E-state index in [2.05, 4.69) is 19.2 Å². The molecule has 186 valence electrons. The van der Waals surface area contributed by atoms with Gasteiger partial charge in [-0.05, 0) is 54.7 Å². The van der Waals surface area contributed by atoms with Crippen molar-refractivity contribution in [2.75, 3.05) is 4.90 Å². The van der Waals surface area contributed by atoms with Crippen LogP contribution in [0.25, 0.3) is 0 Å². The largest absolute Gasteiger partial charge is 0.349 e. The lowest BCUT2D eigenvalue weighted by atomic mass is 9.78. The minimum atomic E-state index is -1.64. The van der Waals surface area contributed by atoms with Crippen molar-refractivity contribution < 1.29 is 18.2 Å². The number of hydrogen-bond donors (Lipinski definition) is 1. The fraction of sp³-hybridized carbons (Fsp3) is 0.310. The summed E-state index contributed by atoms with van der Waals surface area (Å²) < 4.78 is 28.2. The first-order chi connectivity index (χ1) is 17.3. The topological polar surface area (TPSA) is 66.5 Å². The average molecular weight is 505 g/mol. The van der Waals surface area contributed by atoms with Crippen LogP contribution in [-0.4, -0.2) is 22.1 Å². The van der Waals surface area contributed by atoms with Gasteiger partial charge < -0.3 is 10.2 Å². The fourth-order valence-electron chi connectivity index (χ4n) is 5.20. The van der Waals surface area contributed by atoms with Crippen molar-refractivity contribution >= 4 is 28.3 Å². The van der Waals surface area contributed by atoms with Gasteiger partial charge in [-0.3, -0.25) is 9.59 Å². The maximum absolute atomic E-state index is 14.6. The Morgan fingerprint density at radius 2 is 1.78 bits per heavy atom. The van der Waals surface area contributed by atoms with Crippen LogP contribution in [0.1, 0.15) is 59.4 Å². The second-order valence-electron chi connectivity index (χ2n) is 9.78. The van der Waals surface area contributed by atoms with E-state index in [1.165, 1.54) is 11.0 Å². The number of hydrogen-bond acceptors (Lipinski definition) is 3. The Kier molecular flexibility index (Phi) is 6.75. The zero-order chi connectivity index (χ0) is 25.4. The molecule has 1 aliphatic heterocycles. The van der Waals surface area contributed by atoms with Gasteiger partial charge in [-0.2, -0.15) is 0 Å². The molecule has 4 atom stereocenters. The average Bonchev–Trinajstić information content (AvgIpc) is 2.97. The summed E-state index contributed by atoms with van der Waals surface area (Å²) in [6, 6.07) is 18.0. The molecule has 1 heterocycles. The first-order valence-corrected chi connectivity index (χ1v) is 13.5. The molecular formula is C29H29FN2O3S. The molecule has 0 bridgehead atoms. The highest BCUT2D eigenvalue weighted by atomic mass is 32.2. The van der Waals surface area contributed by atoms with E-state index in [9.17, 15) is 18.2 Å². The molecule has 0 unspecified atom stereocenters. The summed E-state index contributed by atoms with van der Waals surface area (Å²) in [6.07, 6.45) is 3.16. The molecule has 0 spiro atoms. The third-order valence-electron chi connectivity index (χ3n) is 7.58. The Balaban J connectivity index is 1.56. The van der Waals surface area contributed by atoms with Crippen LogP contribution in [0.5, 0.6) is 0 Å². The van der Waals surface area contributed by atoms with E-state index in [1.807, 2.05) is 0 Å². The molecule has 2 aliphatic rings. The van der Waals surface area contributed by atoms with Gasteiger partial charge in [0.05, 0.1) is 38.4 Å². The van der Waals surface area contributed by atoms with Crippen LogP contribution in [0, 0.1) is 17.7 Å². The monoisotopic (exact) mass is 504 g/mol. The van der Waals surface area contributed by atoms with Crippen molar-refractivity contribution in [3.05, 3.63) is 89.2 Å². The predicted octanol–water partition coefficient (Wildman–Crippen LogP) is 5.71. The highest BCUT2D eigenvalue weighted by Gasteiger charge is 2.33. The minimum absolute atomic E-state index is 0.0493. The van der Waals surface area contributed by atoms with E-state index in [1.54, 1.807) is 60.7 Å². The first kappa shape index (κ1) is 24.4. The molecule has 1 saturated carbocycles. The predicted molar refractivity (Wildman–Crippen MR) is 138 cm³/mol. The van der Waals surface area contributed by atoms with E-state index < -0.39 is 16.6 Å². The van der Waals surface area contributed by atoms with Crippen LogP contribution in [0.2, 0.25) is 0 Å². The van der Waals surface area contributed by atoms with Gasteiger partial charge in [-0.15, -0.1) is 0 Å². The maximum Gasteiger partial charge on any atom is 0.259 e. The number of nitrogens with one attached hydrogen (secondary N) is 1. The van der Waals surface area contributed by atoms with Crippen LogP contribution in [0.15, 0.2) is 76.5 Å². The van der Waals surface area contributed by atoms with Gasteiger partial charge in [0.15, 0.2) is 0 Å². The number of nitrogens with zero attached hydrogens (tertiary/aromatic N) is 1. The third-order valence-corrected chi connectivity index (χ3v) is 9.08. The van der Waals surface area contributed by atoms with Crippen LogP contribution < -0.4 is 10.2 Å². The SMILES string of the molecule is C[C@H]1[C@H](C)CCC[C@@H]1NC(=O)c1ccc2c(c1)N(Cc1ccccc1F)C(=O)c1ccccc1[S@]2=O. The lowest BCUT2D eigenvalue weighted by molar-refractivity contribution is 0.0889. The van der Waals surface area contributed by atoms with E-state index in [0.29, 0.717) is 44.0 Å². The van der Waals surface area contributed by atoms with Gasteiger partial charge in [-0.25, -0.2) is 8.60 Å². The van der Waals surface area contributed by atoms with Crippen molar-refractivity contribution in [2.24, 2.45) is 11.8 Å². The van der Waals surface area contributed by atoms with Gasteiger partial charge in [0.1, 0.15) is 5.82 Å². The van der Waals surface area contributed by atoms with Crippen molar-refractivity contribution in [2.45, 2.75) is 55.5 Å². The summed E-state index contributed by atoms with van der Waals surface area (Å²) in [7, 11) is -1.64. The molecule has 0 aromatic heterocycles. The number of halogens is 1. The summed E-state index contributed by atoms with van der Waals surface area (Å²) in [4.78, 5) is 29.2. The molecule has 7 heteroatoms. The van der Waals surface area contributed by atoms with Crippen LogP contribution in [0.3, 0.4) is 0 Å². The van der Waals surface area contributed by atoms with Crippen molar-refractivity contribution in [3.63, 3.8) is 0 Å². The van der Waals surface area contributed by atoms with E-state index in [0.717, 1.165) is 19.3 Å². The highest BCUT2D eigenvalue weighted by Crippen LogP contribution is 2.36. The summed E-state index contributed by atoms with van der Waals surface area (Å²) in [6.45, 7) is 4.33. The summed E-state index contributed by atoms with van der Waals surface area (Å²) in [5.41, 5.74) is 1.38. The number of rotatable bonds is 4. The number of benzene rings is 3. The van der Waals surface area contributed by atoms with Crippen molar-refractivity contribution in [1.82, 2.24) is 5.32 Å². The van der Waals surface area contributed by atoms with Crippen LogP contribution in [-0.2, 0) is 17.3 Å². The Morgan fingerprint density at radius 3 is 2.58 bits per heavy atom. The van der Waals surface area contributed by atoms with Crippen molar-refractivity contribution in [1.29, 1.82) is 0 Å². The van der Waals surface area contributed by atoms with Gasteiger partial charge in [0.25, 0.3) is 11.8 Å². The number of carbonyl (C=O) groups excluding carboxylic acids is 2. The third kappa shape index (κ3) is 4.48. The first-order valence-electron chi connectivity index (χ1n) is 12.4. The second-order valence-corrected chi connectivity index (χ2v) is 11.2. The quantitative estimate of drug-likeness (QED) is 0.495. The van der Waals surface area contributed by atoms with E-state index >= 15 is 0 Å². The van der Waals surface area contributed by atoms with Gasteiger partial charge in [0, 0.05) is 17.2 Å². The second kappa shape index (κ2) is 9.97. The molecule has 5 nitrogen and oxygen atoms in total. The van der Waals surface area contributed by atoms with E-state index in [-0.39, 0.29) is 24.4 Å². The summed E-state index contributed by atoms with van der Waals surface area (Å²) in [5.74, 6) is -0.141. The molecule has 5 rings (SSSR count). The molecule has 1 aliphatic carbocycles. The molecule has 3 aromatic carbocycles. The summed E-state index contributed by atoms with van der Waals surface area (Å²) >= 11 is 0. The summed E-state index contributed by atoms with van der Waals surface area (Å²) in [5, 5.41) is 3.17.